The van der Waals surface area contributed by atoms with Crippen LogP contribution in [0, 0.1) is 13.8 Å². The number of urea groups is 1. The van der Waals surface area contributed by atoms with Crippen molar-refractivity contribution in [1.82, 2.24) is 4.90 Å². The number of aliphatic hydroxyl groups is 2. The standard InChI is InChI=1S/C12H16N2O5S/c1-5-6(2)20-10(9(5)11(17)18)13-12(19)14-3-7(15)8(16)4-14/h7-8,15-16H,3-4H2,1-2H3,(H,13,19)(H,17,18)/t7-,8+. The molecule has 7 nitrogen and oxygen atoms in total. The van der Waals surface area contributed by atoms with Gasteiger partial charge in [-0.05, 0) is 19.4 Å². The summed E-state index contributed by atoms with van der Waals surface area (Å²) in [5.41, 5.74) is 0.709. The number of amides is 2. The molecule has 1 aromatic rings. The summed E-state index contributed by atoms with van der Waals surface area (Å²) < 4.78 is 0. The molecule has 1 aliphatic rings. The third-order valence-corrected chi connectivity index (χ3v) is 4.49. The first-order chi connectivity index (χ1) is 9.31. The molecule has 1 aromatic heterocycles. The predicted molar refractivity (Wildman–Crippen MR) is 73.4 cm³/mol. The minimum atomic E-state index is -1.09. The molecule has 1 saturated heterocycles. The Labute approximate surface area is 119 Å². The number of carboxylic acids is 1. The fraction of sp³-hybridized carbons (Fsp3) is 0.500. The summed E-state index contributed by atoms with van der Waals surface area (Å²) in [5, 5.41) is 30.8. The van der Waals surface area contributed by atoms with E-state index in [2.05, 4.69) is 5.32 Å². The van der Waals surface area contributed by atoms with E-state index in [1.54, 1.807) is 13.8 Å². The van der Waals surface area contributed by atoms with Crippen LogP contribution in [-0.2, 0) is 0 Å². The molecule has 0 saturated carbocycles. The molecule has 2 atom stereocenters. The van der Waals surface area contributed by atoms with Gasteiger partial charge in [-0.2, -0.15) is 0 Å². The van der Waals surface area contributed by atoms with Crippen molar-refractivity contribution in [1.29, 1.82) is 0 Å². The van der Waals surface area contributed by atoms with E-state index in [0.29, 0.717) is 5.56 Å². The van der Waals surface area contributed by atoms with Crippen LogP contribution in [-0.4, -0.2) is 57.5 Å². The first kappa shape index (κ1) is 14.8. The van der Waals surface area contributed by atoms with Crippen molar-refractivity contribution in [3.05, 3.63) is 16.0 Å². The number of aryl methyl sites for hydroxylation is 1. The van der Waals surface area contributed by atoms with Crippen LogP contribution in [0.4, 0.5) is 9.80 Å². The monoisotopic (exact) mass is 300 g/mol. The highest BCUT2D eigenvalue weighted by Crippen LogP contribution is 2.32. The SMILES string of the molecule is Cc1sc(NC(=O)N2C[C@@H](O)[C@@H](O)C2)c(C(=O)O)c1C. The quantitative estimate of drug-likeness (QED) is 0.640. The molecule has 1 fully saturated rings. The topological polar surface area (TPSA) is 110 Å². The van der Waals surface area contributed by atoms with Crippen LogP contribution in [0.1, 0.15) is 20.8 Å². The van der Waals surface area contributed by atoms with Gasteiger partial charge in [0, 0.05) is 4.88 Å². The Bertz CT molecular complexity index is 546. The number of thiophene rings is 1. The van der Waals surface area contributed by atoms with E-state index in [-0.39, 0.29) is 23.7 Å². The van der Waals surface area contributed by atoms with Crippen molar-refractivity contribution in [3.63, 3.8) is 0 Å². The van der Waals surface area contributed by atoms with Crippen LogP contribution in [0.15, 0.2) is 0 Å². The lowest BCUT2D eigenvalue weighted by atomic mass is 10.1. The number of rotatable bonds is 2. The average Bonchev–Trinajstić information content (AvgIpc) is 2.81. The second-order valence-corrected chi connectivity index (χ2v) is 5.99. The Kier molecular flexibility index (Phi) is 3.98. The van der Waals surface area contributed by atoms with Gasteiger partial charge in [0.1, 0.15) is 5.00 Å². The molecule has 0 spiro atoms. The van der Waals surface area contributed by atoms with Crippen molar-refractivity contribution >= 4 is 28.3 Å². The molecule has 110 valence electrons. The number of nitrogens with one attached hydrogen (secondary N) is 1. The lowest BCUT2D eigenvalue weighted by molar-refractivity contribution is 0.0572. The highest BCUT2D eigenvalue weighted by molar-refractivity contribution is 7.16. The van der Waals surface area contributed by atoms with E-state index in [4.69, 9.17) is 0 Å². The smallest absolute Gasteiger partial charge is 0.338 e. The van der Waals surface area contributed by atoms with Crippen molar-refractivity contribution < 1.29 is 24.9 Å². The number of carbonyl (C=O) groups excluding carboxylic acids is 1. The van der Waals surface area contributed by atoms with Gasteiger partial charge in [0.05, 0.1) is 30.9 Å². The van der Waals surface area contributed by atoms with E-state index in [1.807, 2.05) is 0 Å². The summed E-state index contributed by atoms with van der Waals surface area (Å²) in [6.45, 7) is 3.53. The molecular weight excluding hydrogens is 284 g/mol. The van der Waals surface area contributed by atoms with Gasteiger partial charge < -0.3 is 20.2 Å². The zero-order chi connectivity index (χ0) is 15.0. The lowest BCUT2D eigenvalue weighted by Gasteiger charge is -2.15. The maximum atomic E-state index is 12.0. The van der Waals surface area contributed by atoms with Crippen molar-refractivity contribution in [2.24, 2.45) is 0 Å². The van der Waals surface area contributed by atoms with Crippen LogP contribution in [0.3, 0.4) is 0 Å². The summed E-state index contributed by atoms with van der Waals surface area (Å²) >= 11 is 1.19. The van der Waals surface area contributed by atoms with Gasteiger partial charge in [0.25, 0.3) is 0 Å². The average molecular weight is 300 g/mol. The molecule has 4 N–H and O–H groups in total. The molecule has 0 unspecified atom stereocenters. The highest BCUT2D eigenvalue weighted by Gasteiger charge is 2.33. The van der Waals surface area contributed by atoms with Gasteiger partial charge in [-0.3, -0.25) is 5.32 Å². The first-order valence-corrected chi connectivity index (χ1v) is 6.88. The third-order valence-electron chi connectivity index (χ3n) is 3.37. The van der Waals surface area contributed by atoms with Gasteiger partial charge >= 0.3 is 12.0 Å². The van der Waals surface area contributed by atoms with E-state index in [1.165, 1.54) is 16.2 Å². The number of likely N-dealkylation sites (tertiary alicyclic amines) is 1. The molecule has 0 aromatic carbocycles. The maximum absolute atomic E-state index is 12.0. The molecule has 2 heterocycles. The van der Waals surface area contributed by atoms with Gasteiger partial charge in [0.2, 0.25) is 0 Å². The number of carbonyl (C=O) groups is 2. The fourth-order valence-corrected chi connectivity index (χ4v) is 3.13. The van der Waals surface area contributed by atoms with E-state index < -0.39 is 24.2 Å². The minimum absolute atomic E-state index is 0.0265. The summed E-state index contributed by atoms with van der Waals surface area (Å²) in [5.74, 6) is -1.09. The van der Waals surface area contributed by atoms with Crippen LogP contribution in [0.25, 0.3) is 0 Å². The molecule has 20 heavy (non-hydrogen) atoms. The zero-order valence-corrected chi connectivity index (χ0v) is 11.9. The Morgan fingerprint density at radius 1 is 1.25 bits per heavy atom. The number of aromatic carboxylic acids is 1. The van der Waals surface area contributed by atoms with Crippen LogP contribution in [0.2, 0.25) is 0 Å². The lowest BCUT2D eigenvalue weighted by Crippen LogP contribution is -2.34. The Balaban J connectivity index is 2.17. The fourth-order valence-electron chi connectivity index (χ4n) is 2.08. The number of hydrogen-bond acceptors (Lipinski definition) is 5. The molecule has 0 radical (unpaired) electrons. The van der Waals surface area contributed by atoms with Crippen molar-refractivity contribution in [2.45, 2.75) is 26.1 Å². The summed E-state index contributed by atoms with van der Waals surface area (Å²) in [4.78, 5) is 25.3. The summed E-state index contributed by atoms with van der Waals surface area (Å²) in [6.07, 6.45) is -1.93. The number of β-amino-alcohol motifs (C(OH)–C–C–N with tert-alkyl or cyclic N) is 2. The predicted octanol–water partition coefficient (Wildman–Crippen LogP) is 0.632. The number of aliphatic hydroxyl groups excluding tert-OH is 2. The Hall–Kier alpha value is -1.64. The van der Waals surface area contributed by atoms with E-state index >= 15 is 0 Å². The molecule has 0 bridgehead atoms. The van der Waals surface area contributed by atoms with E-state index in [9.17, 15) is 24.9 Å². The van der Waals surface area contributed by atoms with Crippen LogP contribution >= 0.6 is 11.3 Å². The second-order valence-electron chi connectivity index (χ2n) is 4.76. The summed E-state index contributed by atoms with van der Waals surface area (Å²) in [6, 6.07) is -0.524. The van der Waals surface area contributed by atoms with Crippen molar-refractivity contribution in [2.75, 3.05) is 18.4 Å². The number of hydrogen-bond donors (Lipinski definition) is 4. The largest absolute Gasteiger partial charge is 0.478 e. The van der Waals surface area contributed by atoms with Crippen LogP contribution in [0.5, 0.6) is 0 Å². The zero-order valence-electron chi connectivity index (χ0n) is 11.1. The molecule has 1 aliphatic heterocycles. The summed E-state index contributed by atoms with van der Waals surface area (Å²) in [7, 11) is 0. The van der Waals surface area contributed by atoms with Gasteiger partial charge in [-0.25, -0.2) is 9.59 Å². The molecule has 0 aliphatic carbocycles. The van der Waals surface area contributed by atoms with Crippen molar-refractivity contribution in [3.8, 4) is 0 Å². The van der Waals surface area contributed by atoms with Gasteiger partial charge in [-0.1, -0.05) is 0 Å². The maximum Gasteiger partial charge on any atom is 0.338 e. The number of anilines is 1. The normalized spacial score (nSPS) is 22.1. The molecular formula is C12H16N2O5S. The van der Waals surface area contributed by atoms with Crippen LogP contribution < -0.4 is 5.32 Å². The highest BCUT2D eigenvalue weighted by atomic mass is 32.1. The van der Waals surface area contributed by atoms with E-state index in [0.717, 1.165) is 4.88 Å². The third kappa shape index (κ3) is 2.62. The molecule has 2 rings (SSSR count). The van der Waals surface area contributed by atoms with Gasteiger partial charge in [0.15, 0.2) is 0 Å². The second kappa shape index (κ2) is 5.39. The number of nitrogens with zero attached hydrogens (tertiary/aromatic N) is 1. The molecule has 2 amide bonds. The minimum Gasteiger partial charge on any atom is -0.478 e. The Morgan fingerprint density at radius 3 is 2.30 bits per heavy atom. The number of carboxylic acid groups (broad SMARTS) is 1. The Morgan fingerprint density at radius 2 is 1.80 bits per heavy atom. The van der Waals surface area contributed by atoms with Gasteiger partial charge in [-0.15, -0.1) is 11.3 Å². The first-order valence-electron chi connectivity index (χ1n) is 6.06. The molecule has 8 heteroatoms.